The lowest BCUT2D eigenvalue weighted by Crippen LogP contribution is -2.38. The van der Waals surface area contributed by atoms with Crippen molar-refractivity contribution in [2.24, 2.45) is 17.6 Å². The number of nitrogens with zero attached hydrogens (tertiary/aromatic N) is 1. The molecule has 1 aliphatic carbocycles. The molecule has 7 heteroatoms. The number of nitrogens with two attached hydrogens (primary N) is 1. The Balaban J connectivity index is 0.00000176. The van der Waals surface area contributed by atoms with Gasteiger partial charge in [0.05, 0.1) is 4.90 Å². The van der Waals surface area contributed by atoms with Gasteiger partial charge in [-0.25, -0.2) is 8.42 Å². The minimum atomic E-state index is -3.43. The van der Waals surface area contributed by atoms with Crippen molar-refractivity contribution in [3.05, 3.63) is 28.2 Å². The molecule has 22 heavy (non-hydrogen) atoms. The second-order valence-electron chi connectivity index (χ2n) is 6.25. The first-order chi connectivity index (χ1) is 9.89. The molecule has 1 saturated carbocycles. The zero-order valence-electron chi connectivity index (χ0n) is 12.5. The summed E-state index contributed by atoms with van der Waals surface area (Å²) in [6.45, 7) is 3.03. The van der Waals surface area contributed by atoms with Crippen LogP contribution < -0.4 is 5.73 Å². The molecular formula is C15H22BrClN2O2S. The van der Waals surface area contributed by atoms with E-state index in [9.17, 15) is 8.42 Å². The van der Waals surface area contributed by atoms with Gasteiger partial charge >= 0.3 is 0 Å². The third-order valence-corrected chi connectivity index (χ3v) is 7.36. The zero-order valence-corrected chi connectivity index (χ0v) is 15.8. The van der Waals surface area contributed by atoms with Crippen LogP contribution in [0.5, 0.6) is 0 Å². The molecule has 1 aromatic carbocycles. The van der Waals surface area contributed by atoms with E-state index in [1.807, 2.05) is 19.1 Å². The topological polar surface area (TPSA) is 63.4 Å². The van der Waals surface area contributed by atoms with Crippen molar-refractivity contribution in [1.29, 1.82) is 0 Å². The van der Waals surface area contributed by atoms with Gasteiger partial charge in [-0.2, -0.15) is 4.31 Å². The summed E-state index contributed by atoms with van der Waals surface area (Å²) in [5, 5.41) is 0. The largest absolute Gasteiger partial charge is 0.327 e. The molecule has 0 spiro atoms. The second-order valence-corrected chi connectivity index (χ2v) is 9.07. The summed E-state index contributed by atoms with van der Waals surface area (Å²) in [7, 11) is -3.43. The molecule has 1 saturated heterocycles. The molecule has 1 aromatic rings. The predicted octanol–water partition coefficient (Wildman–Crippen LogP) is 2.93. The lowest BCUT2D eigenvalue weighted by Gasteiger charge is -2.29. The number of aryl methyl sites for hydroxylation is 1. The van der Waals surface area contributed by atoms with Crippen LogP contribution in [0, 0.1) is 18.8 Å². The van der Waals surface area contributed by atoms with Gasteiger partial charge < -0.3 is 5.73 Å². The van der Waals surface area contributed by atoms with Gasteiger partial charge in [-0.1, -0.05) is 28.4 Å². The van der Waals surface area contributed by atoms with E-state index in [1.165, 1.54) is 0 Å². The van der Waals surface area contributed by atoms with Crippen LogP contribution in [0.2, 0.25) is 0 Å². The third kappa shape index (κ3) is 3.22. The molecule has 0 amide bonds. The van der Waals surface area contributed by atoms with Crippen LogP contribution in [-0.4, -0.2) is 31.9 Å². The van der Waals surface area contributed by atoms with E-state index in [4.69, 9.17) is 5.73 Å². The second kappa shape index (κ2) is 6.77. The number of halogens is 2. The van der Waals surface area contributed by atoms with Crippen molar-refractivity contribution in [1.82, 2.24) is 4.31 Å². The van der Waals surface area contributed by atoms with E-state index in [0.29, 0.717) is 29.8 Å². The molecule has 0 radical (unpaired) electrons. The van der Waals surface area contributed by atoms with Crippen LogP contribution in [-0.2, 0) is 10.0 Å². The van der Waals surface area contributed by atoms with E-state index in [-0.39, 0.29) is 18.4 Å². The van der Waals surface area contributed by atoms with E-state index >= 15 is 0 Å². The number of hydrogen-bond donors (Lipinski definition) is 1. The fraction of sp³-hybridized carbons (Fsp3) is 0.600. The fourth-order valence-corrected chi connectivity index (χ4v) is 5.96. The number of fused-ring (bicyclic) bond motifs is 1. The minimum absolute atomic E-state index is 0. The molecule has 2 aliphatic rings. The first kappa shape index (κ1) is 18.2. The van der Waals surface area contributed by atoms with E-state index in [1.54, 1.807) is 10.4 Å². The first-order valence-electron chi connectivity index (χ1n) is 7.41. The van der Waals surface area contributed by atoms with Gasteiger partial charge in [0.15, 0.2) is 0 Å². The molecule has 0 aromatic heterocycles. The summed E-state index contributed by atoms with van der Waals surface area (Å²) in [4.78, 5) is 0.407. The lowest BCUT2D eigenvalue weighted by atomic mass is 9.78. The van der Waals surface area contributed by atoms with Crippen molar-refractivity contribution in [2.75, 3.05) is 13.1 Å². The molecule has 2 N–H and O–H groups in total. The maximum absolute atomic E-state index is 12.9. The SMILES string of the molecule is Cc1ccc(Br)cc1S(=O)(=O)N1CC2CCCC(N)C2C1.Cl. The Labute approximate surface area is 147 Å². The molecule has 1 aliphatic heterocycles. The van der Waals surface area contributed by atoms with Gasteiger partial charge in [-0.05, 0) is 49.3 Å². The Morgan fingerprint density at radius 1 is 1.27 bits per heavy atom. The minimum Gasteiger partial charge on any atom is -0.327 e. The van der Waals surface area contributed by atoms with Gasteiger partial charge in [-0.3, -0.25) is 0 Å². The lowest BCUT2D eigenvalue weighted by molar-refractivity contribution is 0.260. The van der Waals surface area contributed by atoms with Crippen LogP contribution >= 0.6 is 28.3 Å². The summed E-state index contributed by atoms with van der Waals surface area (Å²) in [5.41, 5.74) is 6.98. The van der Waals surface area contributed by atoms with Gasteiger partial charge in [0, 0.05) is 23.6 Å². The third-order valence-electron chi connectivity index (χ3n) is 4.89. The van der Waals surface area contributed by atoms with Crippen LogP contribution in [0.3, 0.4) is 0 Å². The van der Waals surface area contributed by atoms with E-state index in [2.05, 4.69) is 15.9 Å². The highest BCUT2D eigenvalue weighted by Crippen LogP contribution is 2.38. The highest BCUT2D eigenvalue weighted by Gasteiger charge is 2.43. The Bertz CT molecular complexity index is 653. The smallest absolute Gasteiger partial charge is 0.243 e. The normalized spacial score (nSPS) is 29.0. The predicted molar refractivity (Wildman–Crippen MR) is 93.7 cm³/mol. The number of hydrogen-bond acceptors (Lipinski definition) is 3. The molecule has 124 valence electrons. The molecule has 2 fully saturated rings. The summed E-state index contributed by atoms with van der Waals surface area (Å²) >= 11 is 3.37. The van der Waals surface area contributed by atoms with Crippen molar-refractivity contribution in [3.8, 4) is 0 Å². The van der Waals surface area contributed by atoms with Crippen LogP contribution in [0.25, 0.3) is 0 Å². The van der Waals surface area contributed by atoms with Gasteiger partial charge in [-0.15, -0.1) is 12.4 Å². The van der Waals surface area contributed by atoms with Crippen LogP contribution in [0.4, 0.5) is 0 Å². The standard InChI is InChI=1S/C15H21BrN2O2S.ClH/c1-10-5-6-12(16)7-15(10)21(19,20)18-8-11-3-2-4-14(17)13(11)9-18;/h5-7,11,13-14H,2-4,8-9,17H2,1H3;1H. The molecule has 3 atom stereocenters. The highest BCUT2D eigenvalue weighted by atomic mass is 79.9. The Morgan fingerprint density at radius 3 is 2.68 bits per heavy atom. The Kier molecular flexibility index (Phi) is 5.60. The molecule has 1 heterocycles. The quantitative estimate of drug-likeness (QED) is 0.817. The first-order valence-corrected chi connectivity index (χ1v) is 9.65. The monoisotopic (exact) mass is 408 g/mol. The summed E-state index contributed by atoms with van der Waals surface area (Å²) in [6, 6.07) is 5.56. The molecule has 3 unspecified atom stereocenters. The molecule has 0 bridgehead atoms. The maximum atomic E-state index is 12.9. The number of sulfonamides is 1. The van der Waals surface area contributed by atoms with Crippen molar-refractivity contribution < 1.29 is 8.42 Å². The van der Waals surface area contributed by atoms with Gasteiger partial charge in [0.25, 0.3) is 0 Å². The fourth-order valence-electron chi connectivity index (χ4n) is 3.66. The maximum Gasteiger partial charge on any atom is 0.243 e. The zero-order chi connectivity index (χ0) is 15.2. The molecule has 4 nitrogen and oxygen atoms in total. The molecule has 3 rings (SSSR count). The van der Waals surface area contributed by atoms with E-state index < -0.39 is 10.0 Å². The molecular weight excluding hydrogens is 388 g/mol. The van der Waals surface area contributed by atoms with Crippen molar-refractivity contribution in [3.63, 3.8) is 0 Å². The summed E-state index contributed by atoms with van der Waals surface area (Å²) in [6.07, 6.45) is 3.24. The van der Waals surface area contributed by atoms with E-state index in [0.717, 1.165) is 29.3 Å². The summed E-state index contributed by atoms with van der Waals surface area (Å²) < 4.78 is 28.3. The van der Waals surface area contributed by atoms with Gasteiger partial charge in [0.1, 0.15) is 0 Å². The summed E-state index contributed by atoms with van der Waals surface area (Å²) in [5.74, 6) is 0.747. The highest BCUT2D eigenvalue weighted by molar-refractivity contribution is 9.10. The van der Waals surface area contributed by atoms with Gasteiger partial charge in [0.2, 0.25) is 10.0 Å². The number of benzene rings is 1. The van der Waals surface area contributed by atoms with Crippen molar-refractivity contribution in [2.45, 2.75) is 37.1 Å². The van der Waals surface area contributed by atoms with Crippen LogP contribution in [0.1, 0.15) is 24.8 Å². The van der Waals surface area contributed by atoms with Crippen LogP contribution in [0.15, 0.2) is 27.6 Å². The Morgan fingerprint density at radius 2 is 2.00 bits per heavy atom. The number of rotatable bonds is 2. The average molecular weight is 410 g/mol. The Hall–Kier alpha value is -0.140. The van der Waals surface area contributed by atoms with Crippen molar-refractivity contribution >= 4 is 38.4 Å². The average Bonchev–Trinajstić information content (AvgIpc) is 2.88.